The third-order valence-electron chi connectivity index (χ3n) is 4.69. The van der Waals surface area contributed by atoms with Gasteiger partial charge >= 0.3 is 0 Å². The number of benzene rings is 1. The van der Waals surface area contributed by atoms with E-state index in [1.165, 1.54) is 28.0 Å². The lowest BCUT2D eigenvalue weighted by Gasteiger charge is -2.19. The van der Waals surface area contributed by atoms with Gasteiger partial charge in [-0.1, -0.05) is 35.9 Å². The molecule has 0 spiro atoms. The predicted molar refractivity (Wildman–Crippen MR) is 101 cm³/mol. The second-order valence-corrected chi connectivity index (χ2v) is 7.44. The minimum absolute atomic E-state index is 0.0539. The molecule has 1 aliphatic carbocycles. The van der Waals surface area contributed by atoms with Gasteiger partial charge in [0.15, 0.2) is 0 Å². The normalized spacial score (nSPS) is 16.5. The summed E-state index contributed by atoms with van der Waals surface area (Å²) < 4.78 is 0. The Morgan fingerprint density at radius 3 is 2.83 bits per heavy atom. The van der Waals surface area contributed by atoms with Crippen LogP contribution in [0.2, 0.25) is 0 Å². The molecule has 122 valence electrons. The van der Waals surface area contributed by atoms with Crippen LogP contribution in [0.25, 0.3) is 0 Å². The van der Waals surface area contributed by atoms with Crippen molar-refractivity contribution in [2.45, 2.75) is 26.2 Å². The Bertz CT molecular complexity index is 845. The number of anilines is 1. The van der Waals surface area contributed by atoms with Crippen LogP contribution in [-0.2, 0) is 17.6 Å². The van der Waals surface area contributed by atoms with Gasteiger partial charge in [-0.25, -0.2) is 0 Å². The predicted octanol–water partition coefficient (Wildman–Crippen LogP) is 3.92. The number of carbonyl (C=O) groups is 1. The standard InChI is InChI=1S/C20H20N2OS/c1-3-11-22-17(23)12-21-19(14-9-7-13(2)8-10-14)18-15-5-4-6-16(15)24-20(18)22/h3,7-10H,1,4-6,11-12H2,2H3. The minimum Gasteiger partial charge on any atom is -0.298 e. The molecule has 0 bridgehead atoms. The Hall–Kier alpha value is -2.20. The number of hydrogen-bond donors (Lipinski definition) is 0. The number of aryl methyl sites for hydroxylation is 2. The Morgan fingerprint density at radius 2 is 2.08 bits per heavy atom. The second-order valence-electron chi connectivity index (χ2n) is 6.36. The summed E-state index contributed by atoms with van der Waals surface area (Å²) >= 11 is 1.77. The molecule has 24 heavy (non-hydrogen) atoms. The average molecular weight is 336 g/mol. The van der Waals surface area contributed by atoms with Crippen molar-refractivity contribution in [3.8, 4) is 0 Å². The summed E-state index contributed by atoms with van der Waals surface area (Å²) in [6, 6.07) is 8.45. The third-order valence-corrected chi connectivity index (χ3v) is 6.01. The first-order chi connectivity index (χ1) is 11.7. The van der Waals surface area contributed by atoms with Crippen molar-refractivity contribution >= 4 is 28.0 Å². The van der Waals surface area contributed by atoms with Crippen molar-refractivity contribution in [3.05, 3.63) is 64.1 Å². The Balaban J connectivity index is 1.92. The highest BCUT2D eigenvalue weighted by Crippen LogP contribution is 2.43. The first-order valence-corrected chi connectivity index (χ1v) is 9.18. The van der Waals surface area contributed by atoms with Crippen LogP contribution in [-0.4, -0.2) is 24.7 Å². The van der Waals surface area contributed by atoms with Gasteiger partial charge in [0.25, 0.3) is 0 Å². The van der Waals surface area contributed by atoms with E-state index in [0.29, 0.717) is 6.54 Å². The SMILES string of the molecule is C=CCN1C(=O)CN=C(c2ccc(C)cc2)c2c1sc1c2CCC1. The minimum atomic E-state index is 0.0539. The van der Waals surface area contributed by atoms with Crippen LogP contribution < -0.4 is 4.90 Å². The molecule has 2 aliphatic rings. The van der Waals surface area contributed by atoms with Gasteiger partial charge in [-0.15, -0.1) is 17.9 Å². The summed E-state index contributed by atoms with van der Waals surface area (Å²) in [5.41, 5.74) is 5.89. The number of nitrogens with zero attached hydrogens (tertiary/aromatic N) is 2. The number of amides is 1. The molecule has 0 saturated carbocycles. The van der Waals surface area contributed by atoms with Crippen molar-refractivity contribution in [2.75, 3.05) is 18.0 Å². The van der Waals surface area contributed by atoms with E-state index in [4.69, 9.17) is 4.99 Å². The van der Waals surface area contributed by atoms with Crippen molar-refractivity contribution in [3.63, 3.8) is 0 Å². The van der Waals surface area contributed by atoms with E-state index in [2.05, 4.69) is 37.8 Å². The first-order valence-electron chi connectivity index (χ1n) is 8.36. The van der Waals surface area contributed by atoms with Gasteiger partial charge in [0.1, 0.15) is 11.5 Å². The van der Waals surface area contributed by atoms with Gasteiger partial charge in [-0.05, 0) is 31.7 Å². The molecule has 2 aromatic rings. The van der Waals surface area contributed by atoms with Gasteiger partial charge in [0.2, 0.25) is 5.91 Å². The lowest BCUT2D eigenvalue weighted by atomic mass is 9.98. The number of carbonyl (C=O) groups excluding carboxylic acids is 1. The number of thiophene rings is 1. The van der Waals surface area contributed by atoms with Crippen molar-refractivity contribution < 1.29 is 4.79 Å². The molecule has 0 atom stereocenters. The highest BCUT2D eigenvalue weighted by atomic mass is 32.1. The molecule has 0 N–H and O–H groups in total. The molecule has 1 aromatic heterocycles. The van der Waals surface area contributed by atoms with E-state index in [0.717, 1.165) is 29.1 Å². The molecule has 4 heteroatoms. The largest absolute Gasteiger partial charge is 0.298 e. The zero-order chi connectivity index (χ0) is 16.7. The molecule has 1 amide bonds. The maximum absolute atomic E-state index is 12.6. The molecule has 2 heterocycles. The molecule has 1 aromatic carbocycles. The molecule has 0 unspecified atom stereocenters. The van der Waals surface area contributed by atoms with E-state index in [1.807, 2.05) is 4.90 Å². The van der Waals surface area contributed by atoms with Gasteiger partial charge in [-0.3, -0.25) is 14.7 Å². The first kappa shape index (κ1) is 15.3. The van der Waals surface area contributed by atoms with Crippen LogP contribution in [0.4, 0.5) is 5.00 Å². The lowest BCUT2D eigenvalue weighted by Crippen LogP contribution is -2.31. The molecule has 0 fully saturated rings. The maximum Gasteiger partial charge on any atom is 0.249 e. The van der Waals surface area contributed by atoms with Gasteiger partial charge in [-0.2, -0.15) is 0 Å². The third kappa shape index (κ3) is 2.42. The number of fused-ring (bicyclic) bond motifs is 3. The summed E-state index contributed by atoms with van der Waals surface area (Å²) in [4.78, 5) is 20.6. The highest BCUT2D eigenvalue weighted by molar-refractivity contribution is 7.17. The van der Waals surface area contributed by atoms with Crippen molar-refractivity contribution in [2.24, 2.45) is 4.99 Å². The van der Waals surface area contributed by atoms with Crippen molar-refractivity contribution in [1.82, 2.24) is 0 Å². The monoisotopic (exact) mass is 336 g/mol. The summed E-state index contributed by atoms with van der Waals surface area (Å²) in [6.45, 7) is 6.65. The molecule has 0 saturated heterocycles. The Morgan fingerprint density at radius 1 is 1.29 bits per heavy atom. The lowest BCUT2D eigenvalue weighted by molar-refractivity contribution is -0.117. The average Bonchev–Trinajstić information content (AvgIpc) is 3.13. The Kier molecular flexibility index (Phi) is 3.85. The van der Waals surface area contributed by atoms with Gasteiger partial charge < -0.3 is 0 Å². The summed E-state index contributed by atoms with van der Waals surface area (Å²) in [5, 5.41) is 1.06. The van der Waals surface area contributed by atoms with E-state index in [1.54, 1.807) is 17.4 Å². The topological polar surface area (TPSA) is 32.7 Å². The molecular weight excluding hydrogens is 316 g/mol. The maximum atomic E-state index is 12.6. The van der Waals surface area contributed by atoms with Crippen LogP contribution in [0, 0.1) is 6.92 Å². The molecule has 3 nitrogen and oxygen atoms in total. The van der Waals surface area contributed by atoms with E-state index in [-0.39, 0.29) is 12.5 Å². The van der Waals surface area contributed by atoms with Crippen LogP contribution >= 0.6 is 11.3 Å². The molecule has 0 radical (unpaired) electrons. The van der Waals surface area contributed by atoms with E-state index in [9.17, 15) is 4.79 Å². The number of hydrogen-bond acceptors (Lipinski definition) is 3. The van der Waals surface area contributed by atoms with E-state index < -0.39 is 0 Å². The summed E-state index contributed by atoms with van der Waals surface area (Å²) in [5.74, 6) is 0.0539. The molecular formula is C20H20N2OS. The fourth-order valence-corrected chi connectivity index (χ4v) is 4.92. The summed E-state index contributed by atoms with van der Waals surface area (Å²) in [7, 11) is 0. The Labute approximate surface area is 146 Å². The zero-order valence-corrected chi connectivity index (χ0v) is 14.7. The fraction of sp³-hybridized carbons (Fsp3) is 0.300. The van der Waals surface area contributed by atoms with Crippen LogP contribution in [0.1, 0.15) is 33.6 Å². The quantitative estimate of drug-likeness (QED) is 0.782. The van der Waals surface area contributed by atoms with Gasteiger partial charge in [0.05, 0.1) is 5.71 Å². The number of aliphatic imine (C=N–C) groups is 1. The highest BCUT2D eigenvalue weighted by Gasteiger charge is 2.32. The van der Waals surface area contributed by atoms with Crippen LogP contribution in [0.15, 0.2) is 41.9 Å². The smallest absolute Gasteiger partial charge is 0.249 e. The van der Waals surface area contributed by atoms with Crippen LogP contribution in [0.5, 0.6) is 0 Å². The van der Waals surface area contributed by atoms with E-state index >= 15 is 0 Å². The summed E-state index contributed by atoms with van der Waals surface area (Å²) in [6.07, 6.45) is 5.20. The van der Waals surface area contributed by atoms with Gasteiger partial charge in [0, 0.05) is 22.5 Å². The zero-order valence-electron chi connectivity index (χ0n) is 13.8. The number of rotatable bonds is 3. The van der Waals surface area contributed by atoms with Crippen molar-refractivity contribution in [1.29, 1.82) is 0 Å². The molecule has 4 rings (SSSR count). The van der Waals surface area contributed by atoms with Crippen LogP contribution in [0.3, 0.4) is 0 Å². The fourth-order valence-electron chi connectivity index (χ4n) is 3.51. The second kappa shape index (κ2) is 6.02. The molecule has 1 aliphatic heterocycles.